The van der Waals surface area contributed by atoms with Gasteiger partial charge in [-0.1, -0.05) is 23.8 Å². The highest BCUT2D eigenvalue weighted by Crippen LogP contribution is 2.23. The average molecular weight is 336 g/mol. The second-order valence-electron chi connectivity index (χ2n) is 3.45. The van der Waals surface area contributed by atoms with Crippen molar-refractivity contribution in [3.8, 4) is 0 Å². The second-order valence-corrected chi connectivity index (χ2v) is 5.24. The molecule has 0 spiro atoms. The zero-order chi connectivity index (χ0) is 12.8. The van der Waals surface area contributed by atoms with Gasteiger partial charge in [-0.3, -0.25) is 4.79 Å². The number of rotatable bonds is 5. The van der Waals surface area contributed by atoms with Crippen LogP contribution in [0.5, 0.6) is 0 Å². The summed E-state index contributed by atoms with van der Waals surface area (Å²) >= 11 is 13.9. The Labute approximate surface area is 119 Å². The molecule has 6 heteroatoms. The fourth-order valence-corrected chi connectivity index (χ4v) is 1.78. The summed E-state index contributed by atoms with van der Waals surface area (Å²) in [5, 5.41) is 3.29. The standard InChI is InChI=1S/C11H12BrClN2OS/c12-8-4-3-7(6-9(8)13)11(16)15-5-1-2-10(14)17/h3-4,6H,1-2,5H2,(H2,14,17)(H,15,16). The highest BCUT2D eigenvalue weighted by Gasteiger charge is 2.06. The minimum absolute atomic E-state index is 0.151. The fraction of sp³-hybridized carbons (Fsp3) is 0.273. The van der Waals surface area contributed by atoms with Crippen LogP contribution in [0.3, 0.4) is 0 Å². The Hall–Kier alpha value is -0.650. The third-order valence-corrected chi connectivity index (χ3v) is 3.50. The zero-order valence-corrected chi connectivity index (χ0v) is 12.2. The van der Waals surface area contributed by atoms with Crippen LogP contribution >= 0.6 is 39.7 Å². The Morgan fingerprint density at radius 1 is 1.53 bits per heavy atom. The molecule has 92 valence electrons. The first kappa shape index (κ1) is 14.4. The van der Waals surface area contributed by atoms with Crippen molar-refractivity contribution in [2.75, 3.05) is 6.54 Å². The molecule has 0 heterocycles. The molecule has 0 fully saturated rings. The average Bonchev–Trinajstić information content (AvgIpc) is 2.27. The number of carbonyl (C=O) groups excluding carboxylic acids is 1. The van der Waals surface area contributed by atoms with E-state index in [1.165, 1.54) is 0 Å². The Morgan fingerprint density at radius 2 is 2.24 bits per heavy atom. The van der Waals surface area contributed by atoms with Crippen LogP contribution in [-0.4, -0.2) is 17.4 Å². The van der Waals surface area contributed by atoms with Gasteiger partial charge in [-0.25, -0.2) is 0 Å². The lowest BCUT2D eigenvalue weighted by Gasteiger charge is -2.05. The molecule has 1 aromatic carbocycles. The molecular formula is C11H12BrClN2OS. The molecule has 1 aromatic rings. The molecule has 0 saturated heterocycles. The van der Waals surface area contributed by atoms with Crippen LogP contribution in [0.25, 0.3) is 0 Å². The fourth-order valence-electron chi connectivity index (χ4n) is 1.20. The lowest BCUT2D eigenvalue weighted by atomic mass is 10.2. The molecule has 0 aliphatic rings. The molecule has 0 atom stereocenters. The van der Waals surface area contributed by atoms with Gasteiger partial charge in [-0.15, -0.1) is 0 Å². The van der Waals surface area contributed by atoms with Crippen LogP contribution in [0.15, 0.2) is 22.7 Å². The number of halogens is 2. The van der Waals surface area contributed by atoms with Crippen molar-refractivity contribution >= 4 is 50.6 Å². The van der Waals surface area contributed by atoms with Crippen molar-refractivity contribution in [2.45, 2.75) is 12.8 Å². The summed E-state index contributed by atoms with van der Waals surface area (Å²) in [6.45, 7) is 0.545. The van der Waals surface area contributed by atoms with Crippen LogP contribution in [0, 0.1) is 0 Å². The number of benzene rings is 1. The van der Waals surface area contributed by atoms with Gasteiger partial charge in [0.05, 0.1) is 10.0 Å². The van der Waals surface area contributed by atoms with E-state index in [9.17, 15) is 4.79 Å². The molecule has 17 heavy (non-hydrogen) atoms. The lowest BCUT2D eigenvalue weighted by Crippen LogP contribution is -2.25. The van der Waals surface area contributed by atoms with Crippen LogP contribution in [0.2, 0.25) is 5.02 Å². The largest absolute Gasteiger partial charge is 0.393 e. The van der Waals surface area contributed by atoms with Crippen molar-refractivity contribution in [3.63, 3.8) is 0 Å². The van der Waals surface area contributed by atoms with E-state index in [4.69, 9.17) is 29.6 Å². The van der Waals surface area contributed by atoms with E-state index in [0.717, 1.165) is 10.9 Å². The summed E-state index contributed by atoms with van der Waals surface area (Å²) in [5.74, 6) is -0.151. The first-order valence-electron chi connectivity index (χ1n) is 5.02. The summed E-state index contributed by atoms with van der Waals surface area (Å²) in [6, 6.07) is 5.07. The van der Waals surface area contributed by atoms with Crippen molar-refractivity contribution in [2.24, 2.45) is 5.73 Å². The maximum Gasteiger partial charge on any atom is 0.251 e. The van der Waals surface area contributed by atoms with E-state index in [1.54, 1.807) is 18.2 Å². The third-order valence-electron chi connectivity index (χ3n) is 2.07. The molecule has 1 rings (SSSR count). The number of hydrogen-bond acceptors (Lipinski definition) is 2. The van der Waals surface area contributed by atoms with Gasteiger partial charge in [0.15, 0.2) is 0 Å². The molecule has 0 aliphatic carbocycles. The summed E-state index contributed by atoms with van der Waals surface area (Å²) in [4.78, 5) is 12.2. The Bertz CT molecular complexity index is 439. The van der Waals surface area contributed by atoms with Crippen molar-refractivity contribution in [3.05, 3.63) is 33.3 Å². The highest BCUT2D eigenvalue weighted by molar-refractivity contribution is 9.10. The maximum absolute atomic E-state index is 11.7. The van der Waals surface area contributed by atoms with Gasteiger partial charge in [0.25, 0.3) is 5.91 Å². The first-order valence-corrected chi connectivity index (χ1v) is 6.60. The Balaban J connectivity index is 2.47. The van der Waals surface area contributed by atoms with Gasteiger partial charge in [0.2, 0.25) is 0 Å². The van der Waals surface area contributed by atoms with Crippen molar-refractivity contribution in [1.29, 1.82) is 0 Å². The van der Waals surface area contributed by atoms with E-state index < -0.39 is 0 Å². The van der Waals surface area contributed by atoms with Crippen LogP contribution < -0.4 is 11.1 Å². The smallest absolute Gasteiger partial charge is 0.251 e. The minimum atomic E-state index is -0.151. The van der Waals surface area contributed by atoms with Gasteiger partial charge < -0.3 is 11.1 Å². The van der Waals surface area contributed by atoms with Gasteiger partial charge in [-0.2, -0.15) is 0 Å². The summed E-state index contributed by atoms with van der Waals surface area (Å²) in [7, 11) is 0. The van der Waals surface area contributed by atoms with Gasteiger partial charge in [0.1, 0.15) is 0 Å². The highest BCUT2D eigenvalue weighted by atomic mass is 79.9. The molecule has 0 aromatic heterocycles. The normalized spacial score (nSPS) is 10.0. The van der Waals surface area contributed by atoms with Crippen LogP contribution in [-0.2, 0) is 0 Å². The molecular weight excluding hydrogens is 324 g/mol. The molecule has 3 nitrogen and oxygen atoms in total. The predicted octanol–water partition coefficient (Wildman–Crippen LogP) is 2.90. The van der Waals surface area contributed by atoms with E-state index >= 15 is 0 Å². The predicted molar refractivity (Wildman–Crippen MR) is 77.5 cm³/mol. The molecule has 3 N–H and O–H groups in total. The quantitative estimate of drug-likeness (QED) is 0.642. The SMILES string of the molecule is NC(=S)CCCNC(=O)c1ccc(Br)c(Cl)c1. The minimum Gasteiger partial charge on any atom is -0.393 e. The van der Waals surface area contributed by atoms with Gasteiger partial charge in [0, 0.05) is 16.6 Å². The summed E-state index contributed by atoms with van der Waals surface area (Å²) < 4.78 is 0.768. The van der Waals surface area contributed by atoms with Crippen molar-refractivity contribution in [1.82, 2.24) is 5.32 Å². The molecule has 0 saturated carbocycles. The third kappa shape index (κ3) is 5.02. The first-order chi connectivity index (χ1) is 8.00. The summed E-state index contributed by atoms with van der Waals surface area (Å²) in [6.07, 6.45) is 1.38. The van der Waals surface area contributed by atoms with E-state index in [0.29, 0.717) is 28.5 Å². The Kier molecular flexibility index (Phi) is 5.88. The molecule has 0 unspecified atom stereocenters. The van der Waals surface area contributed by atoms with Crippen LogP contribution in [0.4, 0.5) is 0 Å². The summed E-state index contributed by atoms with van der Waals surface area (Å²) in [5.41, 5.74) is 5.89. The molecule has 0 aliphatic heterocycles. The van der Waals surface area contributed by atoms with Gasteiger partial charge >= 0.3 is 0 Å². The molecule has 0 bridgehead atoms. The van der Waals surface area contributed by atoms with E-state index in [1.807, 2.05) is 0 Å². The molecule has 0 radical (unpaired) electrons. The van der Waals surface area contributed by atoms with Crippen LogP contribution in [0.1, 0.15) is 23.2 Å². The number of nitrogens with one attached hydrogen (secondary N) is 1. The topological polar surface area (TPSA) is 55.1 Å². The Morgan fingerprint density at radius 3 is 2.82 bits per heavy atom. The number of nitrogens with two attached hydrogens (primary N) is 1. The number of thiocarbonyl (C=S) groups is 1. The number of amides is 1. The zero-order valence-electron chi connectivity index (χ0n) is 9.00. The van der Waals surface area contributed by atoms with Gasteiger partial charge in [-0.05, 0) is 47.0 Å². The number of carbonyl (C=O) groups is 1. The second kappa shape index (κ2) is 6.93. The lowest BCUT2D eigenvalue weighted by molar-refractivity contribution is 0.0953. The molecule has 1 amide bonds. The van der Waals surface area contributed by atoms with Crippen molar-refractivity contribution < 1.29 is 4.79 Å². The number of hydrogen-bond donors (Lipinski definition) is 2. The van der Waals surface area contributed by atoms with E-state index in [2.05, 4.69) is 21.2 Å². The van der Waals surface area contributed by atoms with E-state index in [-0.39, 0.29) is 5.91 Å². The monoisotopic (exact) mass is 334 g/mol. The maximum atomic E-state index is 11.7.